The summed E-state index contributed by atoms with van der Waals surface area (Å²) in [6, 6.07) is 12.9. The van der Waals surface area contributed by atoms with Crippen molar-refractivity contribution in [3.8, 4) is 11.3 Å². The summed E-state index contributed by atoms with van der Waals surface area (Å²) in [6.45, 7) is 7.65. The zero-order valence-corrected chi connectivity index (χ0v) is 20.9. The number of nitrogens with zero attached hydrogens (tertiary/aromatic N) is 3. The van der Waals surface area contributed by atoms with E-state index in [-0.39, 0.29) is 41.6 Å². The molecular formula is C26H31N3O4S. The summed E-state index contributed by atoms with van der Waals surface area (Å²) in [7, 11) is -3.16. The summed E-state index contributed by atoms with van der Waals surface area (Å²) >= 11 is 0. The molecule has 0 radical (unpaired) electrons. The van der Waals surface area contributed by atoms with Gasteiger partial charge in [-0.2, -0.15) is 5.10 Å². The number of aromatic nitrogens is 2. The summed E-state index contributed by atoms with van der Waals surface area (Å²) in [5.74, 6) is -0.229. The van der Waals surface area contributed by atoms with Gasteiger partial charge < -0.3 is 4.90 Å². The van der Waals surface area contributed by atoms with Gasteiger partial charge in [-0.15, -0.1) is 0 Å². The smallest absolute Gasteiger partial charge is 0.275 e. The Morgan fingerprint density at radius 3 is 2.53 bits per heavy atom. The van der Waals surface area contributed by atoms with Crippen molar-refractivity contribution in [2.45, 2.75) is 59.2 Å². The van der Waals surface area contributed by atoms with Crippen molar-refractivity contribution in [3.63, 3.8) is 0 Å². The molecule has 1 amide bonds. The molecule has 0 saturated carbocycles. The van der Waals surface area contributed by atoms with E-state index >= 15 is 0 Å². The molecule has 0 spiro atoms. The van der Waals surface area contributed by atoms with Gasteiger partial charge in [0.15, 0.2) is 9.84 Å². The molecule has 0 unspecified atom stereocenters. The Kier molecular flexibility index (Phi) is 6.62. The highest BCUT2D eigenvalue weighted by molar-refractivity contribution is 7.91. The summed E-state index contributed by atoms with van der Waals surface area (Å²) < 4.78 is 25.4. The summed E-state index contributed by atoms with van der Waals surface area (Å²) in [4.78, 5) is 28.5. The van der Waals surface area contributed by atoms with E-state index in [0.29, 0.717) is 23.9 Å². The number of aryl methyl sites for hydroxylation is 2. The van der Waals surface area contributed by atoms with Crippen LogP contribution in [0.2, 0.25) is 0 Å². The van der Waals surface area contributed by atoms with E-state index in [1.807, 2.05) is 58.0 Å². The van der Waals surface area contributed by atoms with Crippen molar-refractivity contribution in [2.75, 3.05) is 11.5 Å². The number of benzene rings is 2. The van der Waals surface area contributed by atoms with Crippen molar-refractivity contribution in [3.05, 3.63) is 63.9 Å². The Morgan fingerprint density at radius 2 is 1.88 bits per heavy atom. The first-order chi connectivity index (χ1) is 16.1. The van der Waals surface area contributed by atoms with Crippen molar-refractivity contribution in [1.29, 1.82) is 0 Å². The van der Waals surface area contributed by atoms with Crippen LogP contribution in [0.15, 0.2) is 47.3 Å². The van der Waals surface area contributed by atoms with Crippen LogP contribution in [0.25, 0.3) is 22.0 Å². The SMILES string of the molecule is CC[C@H](C)N(C(=O)Cn1nc(-c2cc(C)ccc2C)c2ccccc2c1=O)[C@H]1CCS(=O)(=O)C1. The van der Waals surface area contributed by atoms with E-state index < -0.39 is 9.84 Å². The lowest BCUT2D eigenvalue weighted by Crippen LogP contribution is -2.48. The molecule has 3 aromatic rings. The Labute approximate surface area is 200 Å². The predicted octanol–water partition coefficient (Wildman–Crippen LogP) is 3.49. The topological polar surface area (TPSA) is 89.3 Å². The minimum atomic E-state index is -3.16. The fourth-order valence-electron chi connectivity index (χ4n) is 4.74. The number of fused-ring (bicyclic) bond motifs is 1. The molecule has 1 aromatic heterocycles. The summed E-state index contributed by atoms with van der Waals surface area (Å²) in [6.07, 6.45) is 1.11. The van der Waals surface area contributed by atoms with Gasteiger partial charge in [-0.05, 0) is 51.3 Å². The maximum atomic E-state index is 13.5. The molecule has 1 aliphatic rings. The van der Waals surface area contributed by atoms with Crippen molar-refractivity contribution in [2.24, 2.45) is 0 Å². The van der Waals surface area contributed by atoms with Gasteiger partial charge in [0, 0.05) is 23.0 Å². The van der Waals surface area contributed by atoms with Crippen LogP contribution in [-0.2, 0) is 21.2 Å². The molecule has 2 heterocycles. The second kappa shape index (κ2) is 9.33. The lowest BCUT2D eigenvalue weighted by Gasteiger charge is -2.33. The number of carbonyl (C=O) groups is 1. The van der Waals surface area contributed by atoms with E-state index in [2.05, 4.69) is 5.10 Å². The Balaban J connectivity index is 1.80. The standard InChI is InChI=1S/C26H31N3O4S/c1-5-19(4)29(20-12-13-34(32,33)16-20)24(30)15-28-26(31)22-9-7-6-8-21(22)25(27-28)23-14-17(2)10-11-18(23)3/h6-11,14,19-20H,5,12-13,15-16H2,1-4H3/t19-,20-/m0/s1. The number of hydrogen-bond donors (Lipinski definition) is 0. The third-order valence-corrected chi connectivity index (χ3v) is 8.51. The van der Waals surface area contributed by atoms with Crippen molar-refractivity contribution < 1.29 is 13.2 Å². The van der Waals surface area contributed by atoms with Crippen LogP contribution < -0.4 is 5.56 Å². The zero-order valence-electron chi connectivity index (χ0n) is 20.1. The average molecular weight is 482 g/mol. The van der Waals surface area contributed by atoms with E-state index in [1.165, 1.54) is 4.68 Å². The lowest BCUT2D eigenvalue weighted by atomic mass is 9.99. The molecular weight excluding hydrogens is 450 g/mol. The third-order valence-electron chi connectivity index (χ3n) is 6.76. The van der Waals surface area contributed by atoms with Crippen LogP contribution in [0.4, 0.5) is 0 Å². The molecule has 7 nitrogen and oxygen atoms in total. The number of sulfone groups is 1. The molecule has 2 aromatic carbocycles. The molecule has 1 aliphatic heterocycles. The molecule has 4 rings (SSSR count). The first-order valence-electron chi connectivity index (χ1n) is 11.7. The largest absolute Gasteiger partial charge is 0.334 e. The van der Waals surface area contributed by atoms with Gasteiger partial charge in [0.1, 0.15) is 6.54 Å². The van der Waals surface area contributed by atoms with Gasteiger partial charge in [-0.25, -0.2) is 13.1 Å². The fourth-order valence-corrected chi connectivity index (χ4v) is 6.45. The predicted molar refractivity (Wildman–Crippen MR) is 135 cm³/mol. The van der Waals surface area contributed by atoms with Crippen LogP contribution in [-0.4, -0.2) is 52.6 Å². The molecule has 2 atom stereocenters. The van der Waals surface area contributed by atoms with E-state index in [9.17, 15) is 18.0 Å². The third kappa shape index (κ3) is 4.64. The second-order valence-corrected chi connectivity index (χ2v) is 11.5. The van der Waals surface area contributed by atoms with Crippen LogP contribution in [0, 0.1) is 13.8 Å². The highest BCUT2D eigenvalue weighted by Gasteiger charge is 2.36. The molecule has 0 bridgehead atoms. The van der Waals surface area contributed by atoms with Crippen molar-refractivity contribution in [1.82, 2.24) is 14.7 Å². The van der Waals surface area contributed by atoms with Crippen molar-refractivity contribution >= 4 is 26.5 Å². The molecule has 1 fully saturated rings. The Morgan fingerprint density at radius 1 is 1.18 bits per heavy atom. The molecule has 0 aliphatic carbocycles. The van der Waals surface area contributed by atoms with Gasteiger partial charge in [0.2, 0.25) is 5.91 Å². The molecule has 34 heavy (non-hydrogen) atoms. The van der Waals surface area contributed by atoms with Gasteiger partial charge >= 0.3 is 0 Å². The molecule has 1 saturated heterocycles. The number of hydrogen-bond acceptors (Lipinski definition) is 5. The maximum absolute atomic E-state index is 13.5. The highest BCUT2D eigenvalue weighted by atomic mass is 32.2. The first kappa shape index (κ1) is 24.1. The lowest BCUT2D eigenvalue weighted by molar-refractivity contribution is -0.136. The van der Waals surface area contributed by atoms with E-state index in [0.717, 1.165) is 22.1 Å². The van der Waals surface area contributed by atoms with Crippen LogP contribution >= 0.6 is 0 Å². The minimum Gasteiger partial charge on any atom is -0.334 e. The number of carbonyl (C=O) groups excluding carboxylic acids is 1. The quantitative estimate of drug-likeness (QED) is 0.538. The molecule has 0 N–H and O–H groups in total. The summed E-state index contributed by atoms with van der Waals surface area (Å²) in [5, 5.41) is 5.91. The average Bonchev–Trinajstić information content (AvgIpc) is 3.16. The normalized spacial score (nSPS) is 18.2. The van der Waals surface area contributed by atoms with Gasteiger partial charge in [-0.3, -0.25) is 9.59 Å². The van der Waals surface area contributed by atoms with Crippen LogP contribution in [0.5, 0.6) is 0 Å². The monoisotopic (exact) mass is 481 g/mol. The molecule has 180 valence electrons. The zero-order chi connectivity index (χ0) is 24.6. The van der Waals surface area contributed by atoms with E-state index in [4.69, 9.17) is 0 Å². The number of rotatable bonds is 6. The van der Waals surface area contributed by atoms with Gasteiger partial charge in [-0.1, -0.05) is 42.8 Å². The minimum absolute atomic E-state index is 0.0309. The Hall–Kier alpha value is -3.00. The number of amides is 1. The van der Waals surface area contributed by atoms with Crippen LogP contribution in [0.3, 0.4) is 0 Å². The van der Waals surface area contributed by atoms with Gasteiger partial charge in [0.05, 0.1) is 22.6 Å². The molecule has 8 heteroatoms. The van der Waals surface area contributed by atoms with Gasteiger partial charge in [0.25, 0.3) is 5.56 Å². The van der Waals surface area contributed by atoms with Crippen LogP contribution in [0.1, 0.15) is 37.8 Å². The maximum Gasteiger partial charge on any atom is 0.275 e. The fraction of sp³-hybridized carbons (Fsp3) is 0.423. The second-order valence-electron chi connectivity index (χ2n) is 9.29. The summed E-state index contributed by atoms with van der Waals surface area (Å²) in [5.41, 5.74) is 3.34. The first-order valence-corrected chi connectivity index (χ1v) is 13.5. The highest BCUT2D eigenvalue weighted by Crippen LogP contribution is 2.28. The Bertz CT molecular complexity index is 1410. The van der Waals surface area contributed by atoms with E-state index in [1.54, 1.807) is 17.0 Å².